The summed E-state index contributed by atoms with van der Waals surface area (Å²) in [5, 5.41) is 2.38. The monoisotopic (exact) mass is 269 g/mol. The topological polar surface area (TPSA) is 3.24 Å². The molecule has 1 aromatic rings. The summed E-state index contributed by atoms with van der Waals surface area (Å²) in [4.78, 5) is 2.62. The lowest BCUT2D eigenvalue weighted by atomic mass is 9.81. The van der Waals surface area contributed by atoms with E-state index in [1.807, 2.05) is 11.8 Å². The van der Waals surface area contributed by atoms with Gasteiger partial charge >= 0.3 is 0 Å². The van der Waals surface area contributed by atoms with Crippen LogP contribution in [0.1, 0.15) is 29.9 Å². The van der Waals surface area contributed by atoms with Crippen LogP contribution in [0, 0.1) is 0 Å². The molecule has 19 heavy (non-hydrogen) atoms. The molecule has 0 fully saturated rings. The van der Waals surface area contributed by atoms with E-state index in [0.717, 1.165) is 5.75 Å². The number of hydrogen-bond acceptors (Lipinski definition) is 2. The van der Waals surface area contributed by atoms with E-state index < -0.39 is 0 Å². The summed E-state index contributed by atoms with van der Waals surface area (Å²) in [6.45, 7) is 2.48. The second kappa shape index (κ2) is 4.75. The quantitative estimate of drug-likeness (QED) is 0.754. The number of anilines is 1. The van der Waals surface area contributed by atoms with Gasteiger partial charge in [0.05, 0.1) is 0 Å². The minimum absolute atomic E-state index is 0.619. The number of thioether (sulfide) groups is 1. The maximum Gasteiger partial charge on any atom is 0.0437 e. The van der Waals surface area contributed by atoms with Gasteiger partial charge in [0.15, 0.2) is 0 Å². The molecule has 98 valence electrons. The Balaban J connectivity index is 1.80. The largest absolute Gasteiger partial charge is 0.371 e. The van der Waals surface area contributed by atoms with Crippen molar-refractivity contribution in [3.05, 3.63) is 52.5 Å². The van der Waals surface area contributed by atoms with Crippen LogP contribution in [0.5, 0.6) is 0 Å². The van der Waals surface area contributed by atoms with Gasteiger partial charge in [0, 0.05) is 30.4 Å². The third-order valence-electron chi connectivity index (χ3n) is 4.53. The lowest BCUT2D eigenvalue weighted by molar-refractivity contribution is 0.596. The van der Waals surface area contributed by atoms with Crippen molar-refractivity contribution in [2.45, 2.75) is 25.2 Å². The van der Waals surface area contributed by atoms with Crippen LogP contribution in [-0.2, 0) is 6.42 Å². The maximum absolute atomic E-state index is 2.62. The van der Waals surface area contributed by atoms with Crippen molar-refractivity contribution < 1.29 is 0 Å². The van der Waals surface area contributed by atoms with E-state index >= 15 is 0 Å². The summed E-state index contributed by atoms with van der Waals surface area (Å²) in [5.41, 5.74) is 6.23. The SMILES string of the molecule is C1=CC(C2CCN3CCCc4cccc2c43)=CSC1. The van der Waals surface area contributed by atoms with Crippen LogP contribution in [0.2, 0.25) is 0 Å². The fourth-order valence-electron chi connectivity index (χ4n) is 3.68. The van der Waals surface area contributed by atoms with Crippen LogP contribution in [0.25, 0.3) is 0 Å². The highest BCUT2D eigenvalue weighted by molar-refractivity contribution is 8.02. The minimum atomic E-state index is 0.619. The lowest BCUT2D eigenvalue weighted by Crippen LogP contribution is -2.36. The molecule has 1 nitrogen and oxygen atoms in total. The summed E-state index contributed by atoms with van der Waals surface area (Å²) in [6.07, 6.45) is 8.50. The Hall–Kier alpha value is -1.15. The fraction of sp³-hybridized carbons (Fsp3) is 0.412. The van der Waals surface area contributed by atoms with E-state index in [9.17, 15) is 0 Å². The molecule has 2 heteroatoms. The molecule has 1 atom stereocenters. The van der Waals surface area contributed by atoms with Crippen LogP contribution in [-0.4, -0.2) is 18.8 Å². The molecule has 0 bridgehead atoms. The molecule has 0 spiro atoms. The highest BCUT2D eigenvalue weighted by atomic mass is 32.2. The number of rotatable bonds is 1. The van der Waals surface area contributed by atoms with Crippen molar-refractivity contribution >= 4 is 17.4 Å². The Morgan fingerprint density at radius 3 is 3.11 bits per heavy atom. The van der Waals surface area contributed by atoms with E-state index in [2.05, 4.69) is 40.7 Å². The van der Waals surface area contributed by atoms with Gasteiger partial charge in [-0.2, -0.15) is 0 Å². The zero-order valence-corrected chi connectivity index (χ0v) is 12.0. The first kappa shape index (κ1) is 11.7. The molecule has 3 aliphatic rings. The first-order valence-corrected chi connectivity index (χ1v) is 8.33. The van der Waals surface area contributed by atoms with Crippen molar-refractivity contribution in [1.82, 2.24) is 0 Å². The van der Waals surface area contributed by atoms with Gasteiger partial charge < -0.3 is 4.90 Å². The van der Waals surface area contributed by atoms with Crippen molar-refractivity contribution in [1.29, 1.82) is 0 Å². The van der Waals surface area contributed by atoms with Crippen molar-refractivity contribution in [2.75, 3.05) is 23.7 Å². The summed E-state index contributed by atoms with van der Waals surface area (Å²) >= 11 is 1.93. The first-order chi connectivity index (χ1) is 9.43. The molecule has 4 rings (SSSR count). The molecule has 0 radical (unpaired) electrons. The van der Waals surface area contributed by atoms with Crippen LogP contribution < -0.4 is 4.90 Å². The highest BCUT2D eigenvalue weighted by Crippen LogP contribution is 2.44. The van der Waals surface area contributed by atoms with Gasteiger partial charge in [-0.15, -0.1) is 11.8 Å². The van der Waals surface area contributed by atoms with Crippen LogP contribution in [0.3, 0.4) is 0 Å². The van der Waals surface area contributed by atoms with E-state index in [0.29, 0.717) is 5.92 Å². The average molecular weight is 269 g/mol. The Bertz CT molecular complexity index is 558. The molecule has 3 aliphatic heterocycles. The zero-order chi connectivity index (χ0) is 12.7. The van der Waals surface area contributed by atoms with Gasteiger partial charge in [-0.3, -0.25) is 0 Å². The number of nitrogens with zero attached hydrogens (tertiary/aromatic N) is 1. The summed E-state index contributed by atoms with van der Waals surface area (Å²) in [5.74, 6) is 1.75. The van der Waals surface area contributed by atoms with Crippen LogP contribution in [0.4, 0.5) is 5.69 Å². The maximum atomic E-state index is 2.62. The normalized spacial score (nSPS) is 24.9. The Morgan fingerprint density at radius 1 is 1.21 bits per heavy atom. The number of benzene rings is 1. The molecular formula is C17H19NS. The van der Waals surface area contributed by atoms with Crippen molar-refractivity contribution in [3.8, 4) is 0 Å². The predicted octanol–water partition coefficient (Wildman–Crippen LogP) is 4.11. The van der Waals surface area contributed by atoms with Crippen LogP contribution in [0.15, 0.2) is 41.3 Å². The molecular weight excluding hydrogens is 250 g/mol. The van der Waals surface area contributed by atoms with Gasteiger partial charge in [0.2, 0.25) is 0 Å². The molecule has 0 aliphatic carbocycles. The summed E-state index contributed by atoms with van der Waals surface area (Å²) in [7, 11) is 0. The van der Waals surface area contributed by atoms with E-state index in [1.165, 1.54) is 37.9 Å². The molecule has 0 N–H and O–H groups in total. The number of hydrogen-bond donors (Lipinski definition) is 0. The zero-order valence-electron chi connectivity index (χ0n) is 11.1. The van der Waals surface area contributed by atoms with E-state index in [1.54, 1.807) is 16.8 Å². The van der Waals surface area contributed by atoms with Crippen molar-refractivity contribution in [3.63, 3.8) is 0 Å². The molecule has 0 saturated carbocycles. The van der Waals surface area contributed by atoms with Gasteiger partial charge in [-0.25, -0.2) is 0 Å². The molecule has 0 amide bonds. The molecule has 3 heterocycles. The second-order valence-electron chi connectivity index (χ2n) is 5.64. The Labute approximate surface area is 119 Å². The first-order valence-electron chi connectivity index (χ1n) is 7.28. The predicted molar refractivity (Wildman–Crippen MR) is 84.0 cm³/mol. The number of allylic oxidation sites excluding steroid dienone is 2. The van der Waals surface area contributed by atoms with E-state index in [-0.39, 0.29) is 0 Å². The average Bonchev–Trinajstić information content (AvgIpc) is 2.49. The molecule has 1 aromatic carbocycles. The number of aryl methyl sites for hydroxylation is 1. The van der Waals surface area contributed by atoms with Crippen molar-refractivity contribution in [2.24, 2.45) is 0 Å². The Morgan fingerprint density at radius 2 is 2.21 bits per heavy atom. The molecule has 1 unspecified atom stereocenters. The summed E-state index contributed by atoms with van der Waals surface area (Å²) < 4.78 is 0. The van der Waals surface area contributed by atoms with Gasteiger partial charge in [0.1, 0.15) is 0 Å². The molecule has 0 aromatic heterocycles. The third-order valence-corrected chi connectivity index (χ3v) is 5.35. The standard InChI is InChI=1S/C17H19NS/c1-4-13-5-2-9-18-10-8-15(16(7-1)17(13)18)14-6-3-11-19-12-14/h1,3-4,6-7,12,15H,2,5,8-11H2. The highest BCUT2D eigenvalue weighted by Gasteiger charge is 2.30. The van der Waals surface area contributed by atoms with Gasteiger partial charge in [0.25, 0.3) is 0 Å². The Kier molecular flexibility index (Phi) is 2.92. The smallest absolute Gasteiger partial charge is 0.0437 e. The minimum Gasteiger partial charge on any atom is -0.371 e. The third kappa shape index (κ3) is 1.93. The second-order valence-corrected chi connectivity index (χ2v) is 6.54. The summed E-state index contributed by atoms with van der Waals surface area (Å²) in [6, 6.07) is 6.94. The van der Waals surface area contributed by atoms with E-state index in [4.69, 9.17) is 0 Å². The lowest BCUT2D eigenvalue weighted by Gasteiger charge is -2.40. The number of para-hydroxylation sites is 1. The van der Waals surface area contributed by atoms with Gasteiger partial charge in [-0.1, -0.05) is 30.4 Å². The fourth-order valence-corrected chi connectivity index (χ4v) is 4.42. The van der Waals surface area contributed by atoms with Crippen LogP contribution >= 0.6 is 11.8 Å². The molecule has 0 saturated heterocycles. The van der Waals surface area contributed by atoms with Gasteiger partial charge in [-0.05, 0) is 41.4 Å².